The lowest BCUT2D eigenvalue weighted by atomic mass is 10.1. The molecule has 0 aliphatic carbocycles. The van der Waals surface area contributed by atoms with Gasteiger partial charge in [-0.2, -0.15) is 0 Å². The molecule has 0 aromatic heterocycles. The van der Waals surface area contributed by atoms with Crippen molar-refractivity contribution in [2.45, 2.75) is 45.1 Å². The summed E-state index contributed by atoms with van der Waals surface area (Å²) in [6.45, 7) is 6.89. The normalized spacial score (nSPS) is 18.5. The van der Waals surface area contributed by atoms with E-state index >= 15 is 0 Å². The number of nitrogens with zero attached hydrogens (tertiary/aromatic N) is 2. The van der Waals surface area contributed by atoms with Gasteiger partial charge in [-0.15, -0.1) is 0 Å². The van der Waals surface area contributed by atoms with Crippen molar-refractivity contribution in [3.8, 4) is 0 Å². The Labute approximate surface area is 184 Å². The molecule has 0 spiro atoms. The van der Waals surface area contributed by atoms with Gasteiger partial charge in [-0.3, -0.25) is 19.5 Å². The molecule has 8 nitrogen and oxygen atoms in total. The van der Waals surface area contributed by atoms with Gasteiger partial charge in [0.15, 0.2) is 5.96 Å². The Bertz CT molecular complexity index is 727. The summed E-state index contributed by atoms with van der Waals surface area (Å²) in [4.78, 5) is 30.7. The van der Waals surface area contributed by atoms with Crippen LogP contribution in [0.4, 0.5) is 0 Å². The number of carbonyl (C=O) groups excluding carboxylic acids is 2. The highest BCUT2D eigenvalue weighted by Crippen LogP contribution is 2.22. The first-order valence-corrected chi connectivity index (χ1v) is 11.4. The molecule has 2 amide bonds. The minimum atomic E-state index is -0.190. The SMILES string of the molecule is CCNC(=NCCCOCC1CCCO1)NCCCCN1C(=O)c2ccccc2C1=O. The smallest absolute Gasteiger partial charge is 0.261 e. The maximum absolute atomic E-state index is 12.4. The van der Waals surface area contributed by atoms with Crippen LogP contribution in [0.15, 0.2) is 29.3 Å². The van der Waals surface area contributed by atoms with Crippen LogP contribution in [0.25, 0.3) is 0 Å². The predicted molar refractivity (Wildman–Crippen MR) is 119 cm³/mol. The zero-order valence-electron chi connectivity index (χ0n) is 18.4. The minimum absolute atomic E-state index is 0.190. The van der Waals surface area contributed by atoms with Gasteiger partial charge in [0.25, 0.3) is 11.8 Å². The Morgan fingerprint density at radius 1 is 1.16 bits per heavy atom. The van der Waals surface area contributed by atoms with Crippen molar-refractivity contribution in [3.63, 3.8) is 0 Å². The molecule has 2 heterocycles. The third kappa shape index (κ3) is 6.77. The van der Waals surface area contributed by atoms with Crippen LogP contribution in [-0.2, 0) is 9.47 Å². The molecular formula is C23H34N4O4. The molecule has 0 saturated carbocycles. The predicted octanol–water partition coefficient (Wildman–Crippen LogP) is 2.20. The van der Waals surface area contributed by atoms with E-state index < -0.39 is 0 Å². The number of rotatable bonds is 12. The standard InChI is InChI=1S/C23H34N4O4/c1-2-24-23(26-13-8-15-30-17-18-9-7-16-31-18)25-12-5-6-14-27-21(28)19-10-3-4-11-20(19)22(27)29/h3-4,10-11,18H,2,5-9,12-17H2,1H3,(H2,24,25,26). The second-order valence-corrected chi connectivity index (χ2v) is 7.77. The summed E-state index contributed by atoms with van der Waals surface area (Å²) in [6, 6.07) is 7.00. The van der Waals surface area contributed by atoms with Crippen LogP contribution in [0, 0.1) is 0 Å². The van der Waals surface area contributed by atoms with Gasteiger partial charge < -0.3 is 20.1 Å². The summed E-state index contributed by atoms with van der Waals surface area (Å²) >= 11 is 0. The Hall–Kier alpha value is -2.45. The molecule has 170 valence electrons. The number of hydrogen-bond acceptors (Lipinski definition) is 5. The molecule has 2 aliphatic rings. The maximum atomic E-state index is 12.4. The minimum Gasteiger partial charge on any atom is -0.379 e. The van der Waals surface area contributed by atoms with E-state index in [-0.39, 0.29) is 17.9 Å². The van der Waals surface area contributed by atoms with Crippen molar-refractivity contribution in [1.29, 1.82) is 0 Å². The summed E-state index contributed by atoms with van der Waals surface area (Å²) < 4.78 is 11.2. The molecule has 1 fully saturated rings. The average Bonchev–Trinajstić information content (AvgIpc) is 3.38. The fraction of sp³-hybridized carbons (Fsp3) is 0.609. The van der Waals surface area contributed by atoms with E-state index in [4.69, 9.17) is 9.47 Å². The quantitative estimate of drug-likeness (QED) is 0.229. The Balaban J connectivity index is 1.29. The van der Waals surface area contributed by atoms with Gasteiger partial charge in [-0.05, 0) is 51.2 Å². The van der Waals surface area contributed by atoms with Gasteiger partial charge in [0.2, 0.25) is 0 Å². The molecule has 2 aliphatic heterocycles. The van der Waals surface area contributed by atoms with E-state index in [1.807, 2.05) is 6.92 Å². The summed E-state index contributed by atoms with van der Waals surface area (Å²) in [5.41, 5.74) is 1.01. The lowest BCUT2D eigenvalue weighted by molar-refractivity contribution is 0.0171. The fourth-order valence-electron chi connectivity index (χ4n) is 3.73. The first-order chi connectivity index (χ1) is 15.2. The molecule has 1 aromatic carbocycles. The second-order valence-electron chi connectivity index (χ2n) is 7.77. The van der Waals surface area contributed by atoms with Gasteiger partial charge in [0, 0.05) is 39.4 Å². The molecule has 3 rings (SSSR count). The Morgan fingerprint density at radius 2 is 1.94 bits per heavy atom. The van der Waals surface area contributed by atoms with Crippen molar-refractivity contribution in [2.24, 2.45) is 4.99 Å². The van der Waals surface area contributed by atoms with Gasteiger partial charge in [0.05, 0.1) is 23.8 Å². The van der Waals surface area contributed by atoms with E-state index in [0.717, 1.165) is 57.8 Å². The van der Waals surface area contributed by atoms with E-state index in [1.54, 1.807) is 24.3 Å². The lowest BCUT2D eigenvalue weighted by Gasteiger charge is -2.15. The van der Waals surface area contributed by atoms with Gasteiger partial charge >= 0.3 is 0 Å². The summed E-state index contributed by atoms with van der Waals surface area (Å²) in [7, 11) is 0. The summed E-state index contributed by atoms with van der Waals surface area (Å²) in [6.07, 6.45) is 4.94. The van der Waals surface area contributed by atoms with Crippen molar-refractivity contribution < 1.29 is 19.1 Å². The van der Waals surface area contributed by atoms with Crippen LogP contribution < -0.4 is 10.6 Å². The summed E-state index contributed by atoms with van der Waals surface area (Å²) in [5, 5.41) is 6.55. The number of nitrogens with one attached hydrogen (secondary N) is 2. The molecule has 1 atom stereocenters. The molecule has 1 saturated heterocycles. The van der Waals surface area contributed by atoms with Crippen molar-refractivity contribution in [1.82, 2.24) is 15.5 Å². The fourth-order valence-corrected chi connectivity index (χ4v) is 3.73. The molecule has 1 unspecified atom stereocenters. The summed E-state index contributed by atoms with van der Waals surface area (Å²) in [5.74, 6) is 0.401. The third-order valence-corrected chi connectivity index (χ3v) is 5.37. The number of imide groups is 1. The average molecular weight is 431 g/mol. The van der Waals surface area contributed by atoms with E-state index in [9.17, 15) is 9.59 Å². The van der Waals surface area contributed by atoms with Crippen LogP contribution >= 0.6 is 0 Å². The molecule has 0 bridgehead atoms. The third-order valence-electron chi connectivity index (χ3n) is 5.37. The Morgan fingerprint density at radius 3 is 2.61 bits per heavy atom. The van der Waals surface area contributed by atoms with Gasteiger partial charge in [0.1, 0.15) is 0 Å². The largest absolute Gasteiger partial charge is 0.379 e. The first kappa shape index (κ1) is 23.2. The van der Waals surface area contributed by atoms with E-state index in [2.05, 4.69) is 15.6 Å². The number of hydrogen-bond donors (Lipinski definition) is 2. The van der Waals surface area contributed by atoms with Gasteiger partial charge in [-0.1, -0.05) is 12.1 Å². The van der Waals surface area contributed by atoms with E-state index in [1.165, 1.54) is 4.90 Å². The number of benzene rings is 1. The molecule has 8 heteroatoms. The molecular weight excluding hydrogens is 396 g/mol. The van der Waals surface area contributed by atoms with Crippen LogP contribution in [0.2, 0.25) is 0 Å². The first-order valence-electron chi connectivity index (χ1n) is 11.4. The maximum Gasteiger partial charge on any atom is 0.261 e. The monoisotopic (exact) mass is 430 g/mol. The van der Waals surface area contributed by atoms with E-state index in [0.29, 0.717) is 37.4 Å². The van der Waals surface area contributed by atoms with Crippen molar-refractivity contribution >= 4 is 17.8 Å². The molecule has 1 aromatic rings. The highest BCUT2D eigenvalue weighted by molar-refractivity contribution is 6.21. The highest BCUT2D eigenvalue weighted by Gasteiger charge is 2.34. The topological polar surface area (TPSA) is 92.3 Å². The zero-order chi connectivity index (χ0) is 21.9. The molecule has 31 heavy (non-hydrogen) atoms. The second kappa shape index (κ2) is 12.4. The van der Waals surface area contributed by atoms with Gasteiger partial charge in [-0.25, -0.2) is 0 Å². The number of ether oxygens (including phenoxy) is 2. The van der Waals surface area contributed by atoms with Crippen LogP contribution in [-0.4, -0.2) is 74.8 Å². The zero-order valence-corrected chi connectivity index (χ0v) is 18.4. The number of aliphatic imine (C=N–C) groups is 1. The van der Waals surface area contributed by atoms with Crippen LogP contribution in [0.3, 0.4) is 0 Å². The number of guanidine groups is 1. The number of fused-ring (bicyclic) bond motifs is 1. The number of amides is 2. The highest BCUT2D eigenvalue weighted by atomic mass is 16.5. The molecule has 0 radical (unpaired) electrons. The van der Waals surface area contributed by atoms with Crippen molar-refractivity contribution in [3.05, 3.63) is 35.4 Å². The number of carbonyl (C=O) groups is 2. The molecule has 2 N–H and O–H groups in total. The van der Waals surface area contributed by atoms with Crippen LogP contribution in [0.5, 0.6) is 0 Å². The number of unbranched alkanes of at least 4 members (excludes halogenated alkanes) is 1. The Kier molecular flexibility index (Phi) is 9.30. The van der Waals surface area contributed by atoms with Crippen molar-refractivity contribution in [2.75, 3.05) is 46.0 Å². The lowest BCUT2D eigenvalue weighted by Crippen LogP contribution is -2.38. The van der Waals surface area contributed by atoms with Crippen LogP contribution in [0.1, 0.15) is 59.7 Å².